The molecule has 1 heterocycles. The molecule has 3 rings (SSSR count). The fourth-order valence-electron chi connectivity index (χ4n) is 2.61. The zero-order valence-electron chi connectivity index (χ0n) is 11.9. The van der Waals surface area contributed by atoms with Crippen molar-refractivity contribution in [3.8, 4) is 0 Å². The summed E-state index contributed by atoms with van der Waals surface area (Å²) in [5, 5.41) is 0. The molecule has 2 aromatic carbocycles. The van der Waals surface area contributed by atoms with E-state index in [2.05, 4.69) is 28.7 Å². The van der Waals surface area contributed by atoms with Crippen molar-refractivity contribution in [2.75, 3.05) is 0 Å². The molecule has 108 valence electrons. The molecule has 0 aliphatic heterocycles. The number of benzene rings is 2. The molecular weight excluding hydrogens is 377 g/mol. The fourth-order valence-corrected chi connectivity index (χ4v) is 3.18. The quantitative estimate of drug-likeness (QED) is 0.681. The molecule has 1 unspecified atom stereocenters. The molecule has 1 aromatic heterocycles. The molecule has 0 aliphatic rings. The van der Waals surface area contributed by atoms with Gasteiger partial charge >= 0.3 is 5.69 Å². The van der Waals surface area contributed by atoms with Gasteiger partial charge in [0, 0.05) is 17.7 Å². The predicted octanol–water partition coefficient (Wildman–Crippen LogP) is 2.53. The summed E-state index contributed by atoms with van der Waals surface area (Å²) in [6.07, 6.45) is 0. The Kier molecular flexibility index (Phi) is 3.62. The van der Waals surface area contributed by atoms with E-state index in [-0.39, 0.29) is 11.7 Å². The van der Waals surface area contributed by atoms with E-state index in [1.54, 1.807) is 23.2 Å². The summed E-state index contributed by atoms with van der Waals surface area (Å²) in [5.74, 6) is 0. The van der Waals surface area contributed by atoms with E-state index in [1.165, 1.54) is 0 Å². The topological polar surface area (TPSA) is 53.0 Å². The summed E-state index contributed by atoms with van der Waals surface area (Å²) in [4.78, 5) is 12.0. The average molecular weight is 393 g/mol. The van der Waals surface area contributed by atoms with Gasteiger partial charge in [0.15, 0.2) is 0 Å². The average Bonchev–Trinajstić information content (AvgIpc) is 2.71. The minimum atomic E-state index is -0.195. The molecular formula is C16H16IN3O. The third-order valence-electron chi connectivity index (χ3n) is 3.86. The number of hydrogen-bond donors (Lipinski definition) is 1. The summed E-state index contributed by atoms with van der Waals surface area (Å²) >= 11 is 2.28. The van der Waals surface area contributed by atoms with Crippen molar-refractivity contribution in [3.63, 3.8) is 0 Å². The standard InChI is InChI=1S/C16H16IN3O/c1-19-13-7-6-11(9-14(13)20(2)16(19)21)15(18)10-4-3-5-12(17)8-10/h3-9,15H,18H2,1-2H3. The number of nitrogens with zero attached hydrogens (tertiary/aromatic N) is 2. The van der Waals surface area contributed by atoms with Crippen molar-refractivity contribution in [2.24, 2.45) is 19.8 Å². The van der Waals surface area contributed by atoms with E-state index >= 15 is 0 Å². The second-order valence-electron chi connectivity index (χ2n) is 5.18. The highest BCUT2D eigenvalue weighted by Gasteiger charge is 2.13. The first-order valence-corrected chi connectivity index (χ1v) is 7.73. The summed E-state index contributed by atoms with van der Waals surface area (Å²) in [5.41, 5.74) is 10.2. The first kappa shape index (κ1) is 14.3. The van der Waals surface area contributed by atoms with Gasteiger partial charge < -0.3 is 5.73 Å². The van der Waals surface area contributed by atoms with Crippen LogP contribution in [0.4, 0.5) is 0 Å². The van der Waals surface area contributed by atoms with Gasteiger partial charge in [-0.25, -0.2) is 4.79 Å². The molecule has 0 aliphatic carbocycles. The van der Waals surface area contributed by atoms with E-state index in [0.29, 0.717) is 0 Å². The van der Waals surface area contributed by atoms with Crippen LogP contribution in [0.2, 0.25) is 0 Å². The molecule has 0 amide bonds. The summed E-state index contributed by atoms with van der Waals surface area (Å²) in [6, 6.07) is 13.9. The lowest BCUT2D eigenvalue weighted by Gasteiger charge is -2.13. The van der Waals surface area contributed by atoms with Gasteiger partial charge in [-0.3, -0.25) is 9.13 Å². The molecule has 2 N–H and O–H groups in total. The van der Waals surface area contributed by atoms with Gasteiger partial charge in [-0.15, -0.1) is 0 Å². The van der Waals surface area contributed by atoms with E-state index in [4.69, 9.17) is 5.73 Å². The van der Waals surface area contributed by atoms with E-state index in [1.807, 2.05) is 36.4 Å². The second-order valence-corrected chi connectivity index (χ2v) is 6.43. The Balaban J connectivity index is 2.13. The Labute approximate surface area is 136 Å². The molecule has 0 radical (unpaired) electrons. The largest absolute Gasteiger partial charge is 0.328 e. The smallest absolute Gasteiger partial charge is 0.320 e. The van der Waals surface area contributed by atoms with Gasteiger partial charge in [0.25, 0.3) is 0 Å². The van der Waals surface area contributed by atoms with Crippen molar-refractivity contribution >= 4 is 33.6 Å². The lowest BCUT2D eigenvalue weighted by Crippen LogP contribution is -2.19. The van der Waals surface area contributed by atoms with Crippen LogP contribution in [0.3, 0.4) is 0 Å². The van der Waals surface area contributed by atoms with Crippen molar-refractivity contribution in [1.29, 1.82) is 0 Å². The first-order chi connectivity index (χ1) is 9.99. The number of imidazole rings is 1. The third-order valence-corrected chi connectivity index (χ3v) is 4.53. The number of aromatic nitrogens is 2. The molecule has 0 saturated carbocycles. The molecule has 1 atom stereocenters. The highest BCUT2D eigenvalue weighted by molar-refractivity contribution is 14.1. The van der Waals surface area contributed by atoms with Gasteiger partial charge in [0.1, 0.15) is 0 Å². The number of hydrogen-bond acceptors (Lipinski definition) is 2. The molecule has 5 heteroatoms. The zero-order chi connectivity index (χ0) is 15.1. The van der Waals surface area contributed by atoms with Crippen LogP contribution in [-0.2, 0) is 14.1 Å². The molecule has 0 spiro atoms. The van der Waals surface area contributed by atoms with E-state index in [0.717, 1.165) is 25.7 Å². The van der Waals surface area contributed by atoms with Crippen LogP contribution in [0.15, 0.2) is 47.3 Å². The lowest BCUT2D eigenvalue weighted by atomic mass is 9.99. The lowest BCUT2D eigenvalue weighted by molar-refractivity contribution is 0.795. The fraction of sp³-hybridized carbons (Fsp3) is 0.188. The summed E-state index contributed by atoms with van der Waals surface area (Å²) in [6.45, 7) is 0. The second kappa shape index (κ2) is 5.31. The maximum Gasteiger partial charge on any atom is 0.328 e. The highest BCUT2D eigenvalue weighted by Crippen LogP contribution is 2.24. The van der Waals surface area contributed by atoms with Crippen LogP contribution >= 0.6 is 22.6 Å². The van der Waals surface area contributed by atoms with Crippen molar-refractivity contribution in [3.05, 3.63) is 67.6 Å². The van der Waals surface area contributed by atoms with Crippen LogP contribution in [0.5, 0.6) is 0 Å². The van der Waals surface area contributed by atoms with Gasteiger partial charge in [-0.2, -0.15) is 0 Å². The third kappa shape index (κ3) is 2.40. The summed E-state index contributed by atoms with van der Waals surface area (Å²) < 4.78 is 4.46. The molecule has 4 nitrogen and oxygen atoms in total. The summed E-state index contributed by atoms with van der Waals surface area (Å²) in [7, 11) is 3.56. The SMILES string of the molecule is Cn1c(=O)n(C)c2cc(C(N)c3cccc(I)c3)ccc21. The maximum atomic E-state index is 12.0. The van der Waals surface area contributed by atoms with Gasteiger partial charge in [-0.1, -0.05) is 18.2 Å². The Bertz CT molecular complexity index is 879. The Morgan fingerprint density at radius 2 is 1.67 bits per heavy atom. The number of nitrogens with two attached hydrogens (primary N) is 1. The Morgan fingerprint density at radius 1 is 1.00 bits per heavy atom. The minimum Gasteiger partial charge on any atom is -0.320 e. The first-order valence-electron chi connectivity index (χ1n) is 6.65. The monoisotopic (exact) mass is 393 g/mol. The predicted molar refractivity (Wildman–Crippen MR) is 93.3 cm³/mol. The number of aryl methyl sites for hydroxylation is 2. The maximum absolute atomic E-state index is 12.0. The molecule has 0 bridgehead atoms. The van der Waals surface area contributed by atoms with Crippen LogP contribution in [0.25, 0.3) is 11.0 Å². The van der Waals surface area contributed by atoms with Crippen LogP contribution < -0.4 is 11.4 Å². The Morgan fingerprint density at radius 3 is 2.38 bits per heavy atom. The van der Waals surface area contributed by atoms with Crippen molar-refractivity contribution < 1.29 is 0 Å². The number of fused-ring (bicyclic) bond motifs is 1. The highest BCUT2D eigenvalue weighted by atomic mass is 127. The van der Waals surface area contributed by atoms with Gasteiger partial charge in [0.2, 0.25) is 0 Å². The van der Waals surface area contributed by atoms with Gasteiger partial charge in [0.05, 0.1) is 17.1 Å². The van der Waals surface area contributed by atoms with Crippen molar-refractivity contribution in [2.45, 2.75) is 6.04 Å². The van der Waals surface area contributed by atoms with Crippen LogP contribution in [0.1, 0.15) is 17.2 Å². The molecule has 21 heavy (non-hydrogen) atoms. The van der Waals surface area contributed by atoms with E-state index < -0.39 is 0 Å². The van der Waals surface area contributed by atoms with Gasteiger partial charge in [-0.05, 0) is 58.0 Å². The molecule has 0 fully saturated rings. The minimum absolute atomic E-state index is 0.0232. The molecule has 3 aromatic rings. The zero-order valence-corrected chi connectivity index (χ0v) is 14.0. The van der Waals surface area contributed by atoms with E-state index in [9.17, 15) is 4.79 Å². The molecule has 0 saturated heterocycles. The van der Waals surface area contributed by atoms with Crippen LogP contribution in [0, 0.1) is 3.57 Å². The Hall–Kier alpha value is -1.60. The normalized spacial score (nSPS) is 12.8. The van der Waals surface area contributed by atoms with Crippen molar-refractivity contribution in [1.82, 2.24) is 9.13 Å². The van der Waals surface area contributed by atoms with Crippen LogP contribution in [-0.4, -0.2) is 9.13 Å². The number of halogens is 1. The number of rotatable bonds is 2.